The molecule has 1 aromatic heterocycles. The Hall–Kier alpha value is -2.75. The number of fused-ring (bicyclic) bond motifs is 1. The van der Waals surface area contributed by atoms with Crippen LogP contribution in [0.25, 0.3) is 10.9 Å². The van der Waals surface area contributed by atoms with Gasteiger partial charge in [-0.1, -0.05) is 36.4 Å². The monoisotopic (exact) mass is 279 g/mol. The van der Waals surface area contributed by atoms with Gasteiger partial charge in [0.05, 0.1) is 11.2 Å². The van der Waals surface area contributed by atoms with Gasteiger partial charge in [-0.05, 0) is 25.1 Å². The smallest absolute Gasteiger partial charge is 0.323 e. The van der Waals surface area contributed by atoms with Crippen LogP contribution < -0.4 is 10.6 Å². The first-order chi connectivity index (χ1) is 10.3. The number of aromatic nitrogens is 1. The number of carbonyl (C=O) groups excluding carboxylic acids is 1. The highest BCUT2D eigenvalue weighted by molar-refractivity contribution is 6.06. The molecule has 21 heavy (non-hydrogen) atoms. The van der Waals surface area contributed by atoms with Crippen LogP contribution in [0.15, 0.2) is 60.8 Å². The fourth-order valence-corrected chi connectivity index (χ4v) is 2.41. The maximum Gasteiger partial charge on any atom is 0.323 e. The summed E-state index contributed by atoms with van der Waals surface area (Å²) in [5.41, 5.74) is 2.71. The Morgan fingerprint density at radius 2 is 1.71 bits per heavy atom. The number of amides is 2. The number of hydrogen-bond donors (Lipinski definition) is 2. The Bertz CT molecular complexity index is 762. The maximum atomic E-state index is 12.1. The molecular formula is C17H17N3O. The summed E-state index contributed by atoms with van der Waals surface area (Å²) in [5.74, 6) is 0. The van der Waals surface area contributed by atoms with Crippen LogP contribution in [0.5, 0.6) is 0 Å². The molecule has 0 fully saturated rings. The van der Waals surface area contributed by atoms with Crippen molar-refractivity contribution in [1.82, 2.24) is 4.57 Å². The van der Waals surface area contributed by atoms with E-state index in [1.807, 2.05) is 54.7 Å². The van der Waals surface area contributed by atoms with Crippen molar-refractivity contribution in [2.75, 3.05) is 10.6 Å². The lowest BCUT2D eigenvalue weighted by Crippen LogP contribution is -2.19. The zero-order valence-corrected chi connectivity index (χ0v) is 11.8. The van der Waals surface area contributed by atoms with Crippen LogP contribution >= 0.6 is 0 Å². The third-order valence-electron chi connectivity index (χ3n) is 3.41. The zero-order chi connectivity index (χ0) is 14.7. The van der Waals surface area contributed by atoms with Gasteiger partial charge in [-0.2, -0.15) is 0 Å². The van der Waals surface area contributed by atoms with Gasteiger partial charge in [0.15, 0.2) is 0 Å². The highest BCUT2D eigenvalue weighted by Gasteiger charge is 2.09. The number of nitrogens with one attached hydrogen (secondary N) is 2. The number of hydrogen-bond acceptors (Lipinski definition) is 1. The molecule has 2 amide bonds. The second-order valence-electron chi connectivity index (χ2n) is 4.79. The topological polar surface area (TPSA) is 46.1 Å². The number of aryl methyl sites for hydroxylation is 1. The lowest BCUT2D eigenvalue weighted by molar-refractivity contribution is 0.262. The summed E-state index contributed by atoms with van der Waals surface area (Å²) in [7, 11) is 0. The number of para-hydroxylation sites is 2. The Morgan fingerprint density at radius 3 is 2.48 bits per heavy atom. The van der Waals surface area contributed by atoms with E-state index < -0.39 is 0 Å². The molecule has 0 spiro atoms. The average molecular weight is 279 g/mol. The molecule has 0 aliphatic carbocycles. The van der Waals surface area contributed by atoms with E-state index in [2.05, 4.69) is 28.2 Å². The van der Waals surface area contributed by atoms with Gasteiger partial charge in [0.2, 0.25) is 0 Å². The lowest BCUT2D eigenvalue weighted by Gasteiger charge is -2.06. The maximum absolute atomic E-state index is 12.1. The van der Waals surface area contributed by atoms with Gasteiger partial charge >= 0.3 is 6.03 Å². The van der Waals surface area contributed by atoms with Crippen molar-refractivity contribution in [3.05, 3.63) is 60.8 Å². The first-order valence-electron chi connectivity index (χ1n) is 6.99. The van der Waals surface area contributed by atoms with E-state index in [-0.39, 0.29) is 6.03 Å². The molecule has 0 saturated carbocycles. The van der Waals surface area contributed by atoms with Gasteiger partial charge in [0.1, 0.15) is 0 Å². The minimum absolute atomic E-state index is 0.236. The Labute approximate surface area is 123 Å². The molecular weight excluding hydrogens is 262 g/mol. The van der Waals surface area contributed by atoms with Crippen LogP contribution in [-0.2, 0) is 6.54 Å². The van der Waals surface area contributed by atoms with Crippen molar-refractivity contribution in [1.29, 1.82) is 0 Å². The van der Waals surface area contributed by atoms with Gasteiger partial charge in [-0.15, -0.1) is 0 Å². The Balaban J connectivity index is 1.83. The fraction of sp³-hybridized carbons (Fsp3) is 0.118. The van der Waals surface area contributed by atoms with Crippen LogP contribution in [0.4, 0.5) is 16.2 Å². The summed E-state index contributed by atoms with van der Waals surface area (Å²) >= 11 is 0. The summed E-state index contributed by atoms with van der Waals surface area (Å²) in [4.78, 5) is 12.1. The third-order valence-corrected chi connectivity index (χ3v) is 3.41. The first kappa shape index (κ1) is 13.2. The molecule has 3 aromatic rings. The molecule has 106 valence electrons. The van der Waals surface area contributed by atoms with E-state index in [1.54, 1.807) is 0 Å². The van der Waals surface area contributed by atoms with Crippen molar-refractivity contribution in [3.8, 4) is 0 Å². The SMILES string of the molecule is CCn1cc(NC(=O)Nc2ccccc2)c2ccccc21. The number of anilines is 2. The molecule has 3 rings (SSSR count). The van der Waals surface area contributed by atoms with E-state index >= 15 is 0 Å². The number of benzene rings is 2. The van der Waals surface area contributed by atoms with Gasteiger partial charge in [0.25, 0.3) is 0 Å². The molecule has 4 nitrogen and oxygen atoms in total. The van der Waals surface area contributed by atoms with Crippen LogP contribution in [0, 0.1) is 0 Å². The van der Waals surface area contributed by atoms with Crippen LogP contribution in [0.3, 0.4) is 0 Å². The summed E-state index contributed by atoms with van der Waals surface area (Å²) in [5, 5.41) is 6.78. The molecule has 0 aliphatic heterocycles. The minimum atomic E-state index is -0.236. The minimum Gasteiger partial charge on any atom is -0.346 e. The molecule has 0 atom stereocenters. The Morgan fingerprint density at radius 1 is 1.00 bits per heavy atom. The van der Waals surface area contributed by atoms with Crippen molar-refractivity contribution >= 4 is 28.3 Å². The largest absolute Gasteiger partial charge is 0.346 e. The van der Waals surface area contributed by atoms with Gasteiger partial charge in [-0.3, -0.25) is 0 Å². The molecule has 2 aromatic carbocycles. The van der Waals surface area contributed by atoms with Crippen molar-refractivity contribution < 1.29 is 4.79 Å². The molecule has 2 N–H and O–H groups in total. The van der Waals surface area contributed by atoms with Gasteiger partial charge in [0, 0.05) is 23.8 Å². The molecule has 0 unspecified atom stereocenters. The van der Waals surface area contributed by atoms with Crippen molar-refractivity contribution in [3.63, 3.8) is 0 Å². The van der Waals surface area contributed by atoms with E-state index in [0.29, 0.717) is 0 Å². The average Bonchev–Trinajstić information content (AvgIpc) is 2.86. The van der Waals surface area contributed by atoms with E-state index in [0.717, 1.165) is 28.8 Å². The summed E-state index contributed by atoms with van der Waals surface area (Å²) in [6.07, 6.45) is 1.97. The lowest BCUT2D eigenvalue weighted by atomic mass is 10.2. The number of urea groups is 1. The van der Waals surface area contributed by atoms with Crippen LogP contribution in [-0.4, -0.2) is 10.6 Å². The van der Waals surface area contributed by atoms with Crippen molar-refractivity contribution in [2.45, 2.75) is 13.5 Å². The summed E-state index contributed by atoms with van der Waals surface area (Å²) in [6, 6.07) is 17.2. The quantitative estimate of drug-likeness (QED) is 0.737. The molecule has 1 heterocycles. The standard InChI is InChI=1S/C17H17N3O/c1-2-20-12-15(14-10-6-7-11-16(14)20)19-17(21)18-13-8-4-3-5-9-13/h3-12H,2H2,1H3,(H2,18,19,21). The number of rotatable bonds is 3. The molecule has 0 bridgehead atoms. The highest BCUT2D eigenvalue weighted by atomic mass is 16.2. The van der Waals surface area contributed by atoms with E-state index in [9.17, 15) is 4.79 Å². The second-order valence-corrected chi connectivity index (χ2v) is 4.79. The number of carbonyl (C=O) groups is 1. The second kappa shape index (κ2) is 5.71. The van der Waals surface area contributed by atoms with Crippen LogP contribution in [0.2, 0.25) is 0 Å². The van der Waals surface area contributed by atoms with Gasteiger partial charge in [-0.25, -0.2) is 4.79 Å². The summed E-state index contributed by atoms with van der Waals surface area (Å²) in [6.45, 7) is 2.95. The summed E-state index contributed by atoms with van der Waals surface area (Å²) < 4.78 is 2.12. The number of nitrogens with zero attached hydrogens (tertiary/aromatic N) is 1. The predicted molar refractivity (Wildman–Crippen MR) is 86.7 cm³/mol. The molecule has 0 aliphatic rings. The van der Waals surface area contributed by atoms with E-state index in [1.165, 1.54) is 0 Å². The first-order valence-corrected chi connectivity index (χ1v) is 6.99. The normalized spacial score (nSPS) is 10.5. The van der Waals surface area contributed by atoms with Gasteiger partial charge < -0.3 is 15.2 Å². The highest BCUT2D eigenvalue weighted by Crippen LogP contribution is 2.25. The fourth-order valence-electron chi connectivity index (χ4n) is 2.41. The van der Waals surface area contributed by atoms with E-state index in [4.69, 9.17) is 0 Å². The molecule has 4 heteroatoms. The van der Waals surface area contributed by atoms with Crippen molar-refractivity contribution in [2.24, 2.45) is 0 Å². The Kier molecular flexibility index (Phi) is 3.60. The van der Waals surface area contributed by atoms with Crippen LogP contribution in [0.1, 0.15) is 6.92 Å². The zero-order valence-electron chi connectivity index (χ0n) is 11.8. The predicted octanol–water partition coefficient (Wildman–Crippen LogP) is 4.31. The molecule has 0 radical (unpaired) electrons. The third kappa shape index (κ3) is 2.74. The molecule has 0 saturated heterocycles.